The van der Waals surface area contributed by atoms with Crippen LogP contribution in [0.2, 0.25) is 5.02 Å². The number of hydrogen-bond acceptors (Lipinski definition) is 5. The lowest BCUT2D eigenvalue weighted by Gasteiger charge is -2.22. The second-order valence-electron chi connectivity index (χ2n) is 6.98. The van der Waals surface area contributed by atoms with Crippen LogP contribution in [0.15, 0.2) is 65.1 Å². The molecule has 1 aliphatic rings. The van der Waals surface area contributed by atoms with Gasteiger partial charge in [0.1, 0.15) is 5.82 Å². The minimum absolute atomic E-state index is 0.188. The molecule has 160 valence electrons. The lowest BCUT2D eigenvalue weighted by molar-refractivity contribution is 0.0716. The van der Waals surface area contributed by atoms with E-state index in [1.165, 1.54) is 34.5 Å². The molecule has 2 heterocycles. The highest BCUT2D eigenvalue weighted by Crippen LogP contribution is 2.39. The summed E-state index contributed by atoms with van der Waals surface area (Å²) in [6, 6.07) is 13.7. The largest absolute Gasteiger partial charge is 0.284 e. The van der Waals surface area contributed by atoms with E-state index in [-0.39, 0.29) is 17.4 Å². The number of amides is 1. The molecule has 4 rings (SSSR count). The van der Waals surface area contributed by atoms with Gasteiger partial charge in [0, 0.05) is 17.0 Å². The Morgan fingerprint density at radius 2 is 2.00 bits per heavy atom. The highest BCUT2D eigenvalue weighted by Gasteiger charge is 2.36. The van der Waals surface area contributed by atoms with Crippen LogP contribution in [0.4, 0.5) is 10.1 Å². The number of hydrogen-bond donors (Lipinski definition) is 1. The van der Waals surface area contributed by atoms with Crippen LogP contribution in [0.5, 0.6) is 0 Å². The number of benzene rings is 2. The molecule has 31 heavy (non-hydrogen) atoms. The van der Waals surface area contributed by atoms with Crippen molar-refractivity contribution in [3.05, 3.63) is 86.8 Å². The van der Waals surface area contributed by atoms with E-state index in [0.717, 1.165) is 6.26 Å². The number of para-hydroxylation sites is 1. The molecule has 3 aromatic rings. The number of hydrazone groups is 1. The number of nitrogens with one attached hydrogen (secondary N) is 1. The fraction of sp³-hybridized carbons (Fsp3) is 0.143. The van der Waals surface area contributed by atoms with Crippen molar-refractivity contribution in [1.82, 2.24) is 5.01 Å². The van der Waals surface area contributed by atoms with Crippen LogP contribution in [0, 0.1) is 5.82 Å². The highest BCUT2D eigenvalue weighted by molar-refractivity contribution is 7.92. The molecule has 10 heteroatoms. The van der Waals surface area contributed by atoms with Crippen LogP contribution in [-0.4, -0.2) is 31.3 Å². The lowest BCUT2D eigenvalue weighted by atomic mass is 9.97. The SMILES string of the molecule is CS(=O)(=O)Nc1ccccc1C1=NN(C(=O)c2cccs2)[C@@H](c2ccc(F)cc2Cl)C1. The summed E-state index contributed by atoms with van der Waals surface area (Å²) < 4.78 is 39.7. The van der Waals surface area contributed by atoms with Gasteiger partial charge in [0.15, 0.2) is 0 Å². The molecule has 0 saturated carbocycles. The molecule has 0 radical (unpaired) electrons. The lowest BCUT2D eigenvalue weighted by Crippen LogP contribution is -2.26. The van der Waals surface area contributed by atoms with Crippen LogP contribution in [-0.2, 0) is 10.0 Å². The summed E-state index contributed by atoms with van der Waals surface area (Å²) in [5.41, 5.74) is 1.98. The predicted molar refractivity (Wildman–Crippen MR) is 121 cm³/mol. The van der Waals surface area contributed by atoms with E-state index in [9.17, 15) is 17.6 Å². The zero-order valence-electron chi connectivity index (χ0n) is 16.2. The van der Waals surface area contributed by atoms with Gasteiger partial charge in [-0.1, -0.05) is 41.9 Å². The second kappa shape index (κ2) is 8.41. The molecule has 0 unspecified atom stereocenters. The van der Waals surface area contributed by atoms with Crippen molar-refractivity contribution in [2.45, 2.75) is 12.5 Å². The maximum atomic E-state index is 13.6. The van der Waals surface area contributed by atoms with E-state index in [0.29, 0.717) is 27.4 Å². The molecule has 1 N–H and O–H groups in total. The Hall–Kier alpha value is -2.75. The van der Waals surface area contributed by atoms with E-state index in [4.69, 9.17) is 11.6 Å². The Labute approximate surface area is 188 Å². The van der Waals surface area contributed by atoms with Crippen molar-refractivity contribution < 1.29 is 17.6 Å². The van der Waals surface area contributed by atoms with Crippen molar-refractivity contribution in [1.29, 1.82) is 0 Å². The zero-order chi connectivity index (χ0) is 22.2. The first-order valence-electron chi connectivity index (χ1n) is 9.19. The Bertz CT molecular complexity index is 1280. The molecular weight excluding hydrogens is 461 g/mol. The monoisotopic (exact) mass is 477 g/mol. The molecule has 2 aromatic carbocycles. The molecule has 1 atom stereocenters. The van der Waals surface area contributed by atoms with Crippen molar-refractivity contribution >= 4 is 50.3 Å². The van der Waals surface area contributed by atoms with Crippen LogP contribution in [0.25, 0.3) is 0 Å². The Balaban J connectivity index is 1.79. The topological polar surface area (TPSA) is 78.8 Å². The number of halogens is 2. The third-order valence-corrected chi connectivity index (χ3v) is 6.48. The number of thiophene rings is 1. The molecular formula is C21H17ClFN3O3S2. The van der Waals surface area contributed by atoms with Crippen molar-refractivity contribution in [3.8, 4) is 0 Å². The number of rotatable bonds is 5. The van der Waals surface area contributed by atoms with E-state index < -0.39 is 21.9 Å². The highest BCUT2D eigenvalue weighted by atomic mass is 35.5. The quantitative estimate of drug-likeness (QED) is 0.567. The van der Waals surface area contributed by atoms with Gasteiger partial charge in [-0.25, -0.2) is 17.8 Å². The first-order chi connectivity index (χ1) is 14.7. The van der Waals surface area contributed by atoms with E-state index in [1.54, 1.807) is 41.8 Å². The second-order valence-corrected chi connectivity index (χ2v) is 10.1. The number of carbonyl (C=O) groups is 1. The van der Waals surface area contributed by atoms with Gasteiger partial charge in [-0.05, 0) is 35.2 Å². The van der Waals surface area contributed by atoms with Crippen molar-refractivity contribution in [2.75, 3.05) is 11.0 Å². The third kappa shape index (κ3) is 4.63. The molecule has 6 nitrogen and oxygen atoms in total. The summed E-state index contributed by atoms with van der Waals surface area (Å²) in [6.07, 6.45) is 1.35. The summed E-state index contributed by atoms with van der Waals surface area (Å²) in [5, 5.41) is 7.86. The van der Waals surface area contributed by atoms with Crippen LogP contribution in [0.1, 0.15) is 33.3 Å². The summed E-state index contributed by atoms with van der Waals surface area (Å²) in [7, 11) is -3.52. The normalized spacial score (nSPS) is 16.3. The summed E-state index contributed by atoms with van der Waals surface area (Å²) in [6.45, 7) is 0. The molecule has 0 bridgehead atoms. The fourth-order valence-electron chi connectivity index (χ4n) is 3.41. The van der Waals surface area contributed by atoms with E-state index in [2.05, 4.69) is 9.82 Å². The number of nitrogens with zero attached hydrogens (tertiary/aromatic N) is 2. The van der Waals surface area contributed by atoms with Gasteiger partial charge in [0.25, 0.3) is 5.91 Å². The average molecular weight is 478 g/mol. The molecule has 1 amide bonds. The van der Waals surface area contributed by atoms with Gasteiger partial charge in [0.2, 0.25) is 10.0 Å². The first-order valence-corrected chi connectivity index (χ1v) is 12.3. The fourth-order valence-corrected chi connectivity index (χ4v) is 4.94. The Morgan fingerprint density at radius 3 is 2.68 bits per heavy atom. The third-order valence-electron chi connectivity index (χ3n) is 4.71. The number of carbonyl (C=O) groups excluding carboxylic acids is 1. The van der Waals surface area contributed by atoms with Gasteiger partial charge in [0.05, 0.1) is 28.6 Å². The summed E-state index contributed by atoms with van der Waals surface area (Å²) >= 11 is 7.58. The predicted octanol–water partition coefficient (Wildman–Crippen LogP) is 4.90. The van der Waals surface area contributed by atoms with Gasteiger partial charge < -0.3 is 0 Å². The maximum absolute atomic E-state index is 13.6. The molecule has 1 aromatic heterocycles. The van der Waals surface area contributed by atoms with Crippen molar-refractivity contribution in [2.24, 2.45) is 5.10 Å². The zero-order valence-corrected chi connectivity index (χ0v) is 18.6. The van der Waals surface area contributed by atoms with E-state index in [1.807, 2.05) is 0 Å². The Morgan fingerprint density at radius 1 is 1.23 bits per heavy atom. The maximum Gasteiger partial charge on any atom is 0.284 e. The van der Waals surface area contributed by atoms with E-state index >= 15 is 0 Å². The smallest absolute Gasteiger partial charge is 0.283 e. The standard InChI is InChI=1S/C21H17ClFN3O3S2/c1-31(28,29)25-17-6-3-2-5-15(17)18-12-19(14-9-8-13(23)11-16(14)22)26(24-18)21(27)20-7-4-10-30-20/h2-11,19,25H,12H2,1H3/t19-/m1/s1. The first kappa shape index (κ1) is 21.5. The molecule has 0 spiro atoms. The average Bonchev–Trinajstić information content (AvgIpc) is 3.37. The molecule has 0 aliphatic carbocycles. The van der Waals surface area contributed by atoms with Gasteiger partial charge in [-0.2, -0.15) is 5.10 Å². The van der Waals surface area contributed by atoms with Crippen molar-refractivity contribution in [3.63, 3.8) is 0 Å². The Kier molecular flexibility index (Phi) is 5.83. The number of anilines is 1. The van der Waals surface area contributed by atoms with Crippen LogP contribution < -0.4 is 4.72 Å². The molecule has 0 saturated heterocycles. The molecule has 0 fully saturated rings. The minimum Gasteiger partial charge on any atom is -0.283 e. The van der Waals surface area contributed by atoms with Gasteiger partial charge in [-0.3, -0.25) is 9.52 Å². The molecule has 1 aliphatic heterocycles. The number of sulfonamides is 1. The van der Waals surface area contributed by atoms with Gasteiger partial charge >= 0.3 is 0 Å². The summed E-state index contributed by atoms with van der Waals surface area (Å²) in [4.78, 5) is 13.7. The van der Waals surface area contributed by atoms with Gasteiger partial charge in [-0.15, -0.1) is 11.3 Å². The summed E-state index contributed by atoms with van der Waals surface area (Å²) in [5.74, 6) is -0.796. The van der Waals surface area contributed by atoms with Crippen LogP contribution in [0.3, 0.4) is 0 Å². The van der Waals surface area contributed by atoms with Crippen LogP contribution >= 0.6 is 22.9 Å². The minimum atomic E-state index is -3.52.